The van der Waals surface area contributed by atoms with Gasteiger partial charge in [-0.2, -0.15) is 0 Å². The number of anilines is 2. The molecule has 2 heterocycles. The summed E-state index contributed by atoms with van der Waals surface area (Å²) in [4.78, 5) is 44.1. The standard InChI is InChI=1S/C22H25N5O3S2/c1-12(2)20(30)27-21-24-17(10-31-21)9-19(29)26-22-25-18(11-32-22)16-7-5-15(6-8-16)13(3)23-14(4)28/h5-8,10-13H,9H2,1-4H3,(H,23,28)(H,24,27,30)(H,25,26,29). The number of rotatable bonds is 8. The lowest BCUT2D eigenvalue weighted by atomic mass is 10.1. The maximum Gasteiger partial charge on any atom is 0.232 e. The molecule has 1 aromatic carbocycles. The highest BCUT2D eigenvalue weighted by atomic mass is 32.1. The highest BCUT2D eigenvalue weighted by Crippen LogP contribution is 2.26. The lowest BCUT2D eigenvalue weighted by Gasteiger charge is -2.12. The Kier molecular flexibility index (Phi) is 7.70. The molecule has 3 aromatic rings. The second-order valence-electron chi connectivity index (χ2n) is 7.60. The van der Waals surface area contributed by atoms with Crippen LogP contribution in [0.1, 0.15) is 45.0 Å². The Morgan fingerprint density at radius 1 is 0.938 bits per heavy atom. The van der Waals surface area contributed by atoms with E-state index in [1.54, 1.807) is 19.2 Å². The van der Waals surface area contributed by atoms with E-state index in [-0.39, 0.29) is 36.1 Å². The van der Waals surface area contributed by atoms with Crippen LogP contribution in [-0.4, -0.2) is 27.7 Å². The minimum absolute atomic E-state index is 0.0724. The summed E-state index contributed by atoms with van der Waals surface area (Å²) in [5.41, 5.74) is 3.27. The van der Waals surface area contributed by atoms with Crippen molar-refractivity contribution in [3.05, 3.63) is 46.3 Å². The van der Waals surface area contributed by atoms with Crippen molar-refractivity contribution in [3.8, 4) is 11.3 Å². The minimum Gasteiger partial charge on any atom is -0.350 e. The summed E-state index contributed by atoms with van der Waals surface area (Å²) in [5.74, 6) is -0.544. The number of carbonyl (C=O) groups is 3. The number of nitrogens with one attached hydrogen (secondary N) is 3. The first-order valence-electron chi connectivity index (χ1n) is 10.1. The van der Waals surface area contributed by atoms with Crippen molar-refractivity contribution < 1.29 is 14.4 Å². The maximum absolute atomic E-state index is 12.4. The number of benzene rings is 1. The van der Waals surface area contributed by atoms with Gasteiger partial charge in [0.2, 0.25) is 17.7 Å². The molecule has 0 radical (unpaired) electrons. The molecule has 3 amide bonds. The van der Waals surface area contributed by atoms with Gasteiger partial charge < -0.3 is 16.0 Å². The fourth-order valence-electron chi connectivity index (χ4n) is 2.82. The molecule has 10 heteroatoms. The third-order valence-corrected chi connectivity index (χ3v) is 6.09. The molecule has 2 aromatic heterocycles. The molecule has 0 aliphatic carbocycles. The van der Waals surface area contributed by atoms with Crippen LogP contribution in [0.4, 0.5) is 10.3 Å². The summed E-state index contributed by atoms with van der Waals surface area (Å²) in [6, 6.07) is 7.71. The van der Waals surface area contributed by atoms with E-state index in [0.717, 1.165) is 16.8 Å². The van der Waals surface area contributed by atoms with Gasteiger partial charge in [0.1, 0.15) is 0 Å². The summed E-state index contributed by atoms with van der Waals surface area (Å²) < 4.78 is 0. The number of thiazole rings is 2. The predicted octanol–water partition coefficient (Wildman–Crippen LogP) is 4.24. The first-order chi connectivity index (χ1) is 15.2. The van der Waals surface area contributed by atoms with Crippen molar-refractivity contribution in [2.75, 3.05) is 10.6 Å². The summed E-state index contributed by atoms with van der Waals surface area (Å²) in [5, 5.41) is 13.0. The first-order valence-corrected chi connectivity index (χ1v) is 11.8. The molecule has 0 bridgehead atoms. The Morgan fingerprint density at radius 2 is 1.59 bits per heavy atom. The second kappa shape index (κ2) is 10.5. The average Bonchev–Trinajstić information content (AvgIpc) is 3.37. The molecule has 8 nitrogen and oxygen atoms in total. The lowest BCUT2D eigenvalue weighted by Crippen LogP contribution is -2.23. The molecule has 0 aliphatic rings. The number of carbonyl (C=O) groups excluding carboxylic acids is 3. The van der Waals surface area contributed by atoms with Crippen molar-refractivity contribution in [1.82, 2.24) is 15.3 Å². The van der Waals surface area contributed by atoms with Gasteiger partial charge in [0.25, 0.3) is 0 Å². The van der Waals surface area contributed by atoms with Crippen molar-refractivity contribution in [1.29, 1.82) is 0 Å². The van der Waals surface area contributed by atoms with E-state index < -0.39 is 0 Å². The predicted molar refractivity (Wildman–Crippen MR) is 128 cm³/mol. The molecule has 32 heavy (non-hydrogen) atoms. The Morgan fingerprint density at radius 3 is 2.25 bits per heavy atom. The van der Waals surface area contributed by atoms with E-state index >= 15 is 0 Å². The second-order valence-corrected chi connectivity index (χ2v) is 9.31. The van der Waals surface area contributed by atoms with Gasteiger partial charge in [0.05, 0.1) is 23.9 Å². The summed E-state index contributed by atoms with van der Waals surface area (Å²) in [7, 11) is 0. The SMILES string of the molecule is CC(=O)NC(C)c1ccc(-c2csc(NC(=O)Cc3csc(NC(=O)C(C)C)n3)n2)cc1. The number of amides is 3. The Hall–Kier alpha value is -3.11. The summed E-state index contributed by atoms with van der Waals surface area (Å²) in [6.07, 6.45) is 0.0959. The lowest BCUT2D eigenvalue weighted by molar-refractivity contribution is -0.120. The molecule has 3 N–H and O–H groups in total. The highest BCUT2D eigenvalue weighted by Gasteiger charge is 2.14. The van der Waals surface area contributed by atoms with E-state index in [1.165, 1.54) is 29.6 Å². The third-order valence-electron chi connectivity index (χ3n) is 4.52. The molecule has 0 spiro atoms. The van der Waals surface area contributed by atoms with Crippen LogP contribution in [0.2, 0.25) is 0 Å². The fraction of sp³-hybridized carbons (Fsp3) is 0.318. The van der Waals surface area contributed by atoms with Crippen molar-refractivity contribution >= 4 is 50.7 Å². The van der Waals surface area contributed by atoms with Gasteiger partial charge >= 0.3 is 0 Å². The first kappa shape index (κ1) is 23.6. The molecule has 0 saturated heterocycles. The van der Waals surface area contributed by atoms with Gasteiger partial charge in [-0.05, 0) is 12.5 Å². The van der Waals surface area contributed by atoms with Gasteiger partial charge in [-0.3, -0.25) is 14.4 Å². The van der Waals surface area contributed by atoms with E-state index in [2.05, 4.69) is 25.9 Å². The molecule has 0 saturated carbocycles. The Balaban J connectivity index is 1.57. The molecule has 1 unspecified atom stereocenters. The van der Waals surface area contributed by atoms with Crippen molar-refractivity contribution in [2.24, 2.45) is 5.92 Å². The van der Waals surface area contributed by atoms with Crippen LogP contribution in [0, 0.1) is 5.92 Å². The summed E-state index contributed by atoms with van der Waals surface area (Å²) in [6.45, 7) is 7.03. The van der Waals surface area contributed by atoms with E-state index in [1.807, 2.05) is 36.6 Å². The molecule has 3 rings (SSSR count). The molecule has 0 aliphatic heterocycles. The van der Waals surface area contributed by atoms with Crippen LogP contribution in [0.15, 0.2) is 35.0 Å². The van der Waals surface area contributed by atoms with Gasteiger partial charge in [-0.1, -0.05) is 38.1 Å². The van der Waals surface area contributed by atoms with Crippen LogP contribution < -0.4 is 16.0 Å². The monoisotopic (exact) mass is 471 g/mol. The van der Waals surface area contributed by atoms with E-state index in [0.29, 0.717) is 16.0 Å². The Labute approximate surface area is 194 Å². The van der Waals surface area contributed by atoms with Crippen molar-refractivity contribution in [2.45, 2.75) is 40.2 Å². The zero-order chi connectivity index (χ0) is 23.3. The average molecular weight is 472 g/mol. The Bertz CT molecular complexity index is 1100. The maximum atomic E-state index is 12.4. The van der Waals surface area contributed by atoms with Crippen LogP contribution in [0.25, 0.3) is 11.3 Å². The fourth-order valence-corrected chi connectivity index (χ4v) is 4.27. The van der Waals surface area contributed by atoms with Crippen LogP contribution in [-0.2, 0) is 20.8 Å². The van der Waals surface area contributed by atoms with Crippen LogP contribution in [0.5, 0.6) is 0 Å². The minimum atomic E-state index is -0.225. The number of hydrogen-bond acceptors (Lipinski definition) is 7. The van der Waals surface area contributed by atoms with Gasteiger partial charge in [-0.25, -0.2) is 9.97 Å². The van der Waals surface area contributed by atoms with Gasteiger partial charge in [-0.15, -0.1) is 22.7 Å². The van der Waals surface area contributed by atoms with E-state index in [9.17, 15) is 14.4 Å². The largest absolute Gasteiger partial charge is 0.350 e. The zero-order valence-electron chi connectivity index (χ0n) is 18.3. The molecule has 1 atom stereocenters. The van der Waals surface area contributed by atoms with Crippen molar-refractivity contribution in [3.63, 3.8) is 0 Å². The van der Waals surface area contributed by atoms with Gasteiger partial charge in [0, 0.05) is 29.2 Å². The van der Waals surface area contributed by atoms with E-state index in [4.69, 9.17) is 0 Å². The molecular weight excluding hydrogens is 446 g/mol. The highest BCUT2D eigenvalue weighted by molar-refractivity contribution is 7.14. The quantitative estimate of drug-likeness (QED) is 0.455. The van der Waals surface area contributed by atoms with Crippen LogP contribution >= 0.6 is 22.7 Å². The van der Waals surface area contributed by atoms with Gasteiger partial charge in [0.15, 0.2) is 10.3 Å². The number of hydrogen-bond donors (Lipinski definition) is 3. The topological polar surface area (TPSA) is 113 Å². The third kappa shape index (κ3) is 6.44. The number of aromatic nitrogens is 2. The zero-order valence-corrected chi connectivity index (χ0v) is 19.9. The molecule has 0 fully saturated rings. The smallest absolute Gasteiger partial charge is 0.232 e. The van der Waals surface area contributed by atoms with Crippen LogP contribution in [0.3, 0.4) is 0 Å². The number of nitrogens with zero attached hydrogens (tertiary/aromatic N) is 2. The summed E-state index contributed by atoms with van der Waals surface area (Å²) >= 11 is 2.64. The molecular formula is C22H25N5O3S2. The molecule has 168 valence electrons. The normalized spacial score (nSPS) is 11.8.